The number of allylic oxidation sites excluding steroid dienone is 1. The summed E-state index contributed by atoms with van der Waals surface area (Å²) >= 11 is 0. The summed E-state index contributed by atoms with van der Waals surface area (Å²) in [6.07, 6.45) is -0.886. The van der Waals surface area contributed by atoms with Gasteiger partial charge in [0, 0.05) is 18.6 Å². The summed E-state index contributed by atoms with van der Waals surface area (Å²) in [4.78, 5) is 32.0. The molecule has 0 spiro atoms. The van der Waals surface area contributed by atoms with Gasteiger partial charge in [-0.1, -0.05) is 39.0 Å². The zero-order chi connectivity index (χ0) is 33.6. The summed E-state index contributed by atoms with van der Waals surface area (Å²) < 4.78 is 58.3. The summed E-state index contributed by atoms with van der Waals surface area (Å²) in [7, 11) is 5.82. The first-order valence-corrected chi connectivity index (χ1v) is 14.7. The highest BCUT2D eigenvalue weighted by molar-refractivity contribution is 6.14. The number of anilines is 1. The highest BCUT2D eigenvalue weighted by Gasteiger charge is 2.36. The lowest BCUT2D eigenvalue weighted by atomic mass is 9.69. The predicted octanol–water partition coefficient (Wildman–Crippen LogP) is 7.38. The molecule has 46 heavy (non-hydrogen) atoms. The van der Waals surface area contributed by atoms with Crippen LogP contribution in [0.2, 0.25) is 0 Å². The van der Waals surface area contributed by atoms with E-state index in [1.54, 1.807) is 24.3 Å². The summed E-state index contributed by atoms with van der Waals surface area (Å²) in [6.45, 7) is 6.38. The molecule has 5 rings (SSSR count). The van der Waals surface area contributed by atoms with Crippen molar-refractivity contribution in [2.24, 2.45) is 18.4 Å². The topological polar surface area (TPSA) is 91.7 Å². The molecule has 11 heteroatoms. The van der Waals surface area contributed by atoms with E-state index in [-0.39, 0.29) is 16.9 Å². The second kappa shape index (κ2) is 12.2. The van der Waals surface area contributed by atoms with E-state index in [4.69, 9.17) is 19.2 Å². The number of fused-ring (bicyclic) bond motifs is 2. The lowest BCUT2D eigenvalue weighted by Gasteiger charge is -2.37. The predicted molar refractivity (Wildman–Crippen MR) is 172 cm³/mol. The Morgan fingerprint density at radius 3 is 2.24 bits per heavy atom. The summed E-state index contributed by atoms with van der Waals surface area (Å²) in [5.41, 5.74) is 1.25. The van der Waals surface area contributed by atoms with Crippen molar-refractivity contribution in [3.63, 3.8) is 0 Å². The van der Waals surface area contributed by atoms with Gasteiger partial charge >= 0.3 is 6.18 Å². The van der Waals surface area contributed by atoms with Gasteiger partial charge in [-0.2, -0.15) is 13.2 Å². The van der Waals surface area contributed by atoms with Crippen molar-refractivity contribution < 1.29 is 32.2 Å². The molecule has 2 aromatic carbocycles. The van der Waals surface area contributed by atoms with Gasteiger partial charge in [0.1, 0.15) is 5.69 Å². The Hall–Kier alpha value is -4.80. The normalized spacial score (nSPS) is 15.9. The van der Waals surface area contributed by atoms with Crippen LogP contribution in [0.1, 0.15) is 59.9 Å². The van der Waals surface area contributed by atoms with Crippen LogP contribution in [-0.4, -0.2) is 36.8 Å². The smallest absolute Gasteiger partial charge is 0.417 e. The SMILES string of the molecule is COc1cc(/C=C2/CC(C(C)(C)C)Cc3c2nc2ccccc2c3C(=O)Nc2cc(C(F)(F)F)cn(C)c2=O)cc(OC)c1OC. The highest BCUT2D eigenvalue weighted by atomic mass is 19.4. The number of pyridine rings is 2. The van der Waals surface area contributed by atoms with Crippen molar-refractivity contribution in [1.82, 2.24) is 9.55 Å². The van der Waals surface area contributed by atoms with E-state index in [1.165, 1.54) is 28.4 Å². The molecule has 1 atom stereocenters. The summed E-state index contributed by atoms with van der Waals surface area (Å²) in [5.74, 6) is 0.794. The first-order valence-electron chi connectivity index (χ1n) is 14.7. The number of nitrogens with zero attached hydrogens (tertiary/aromatic N) is 2. The van der Waals surface area contributed by atoms with Gasteiger partial charge in [0.25, 0.3) is 11.5 Å². The maximum Gasteiger partial charge on any atom is 0.417 e. The fourth-order valence-corrected chi connectivity index (χ4v) is 5.92. The van der Waals surface area contributed by atoms with E-state index in [2.05, 4.69) is 26.1 Å². The first-order chi connectivity index (χ1) is 21.7. The number of aromatic nitrogens is 2. The number of ether oxygens (including phenoxy) is 3. The Kier molecular flexibility index (Phi) is 8.63. The van der Waals surface area contributed by atoms with E-state index in [0.717, 1.165) is 15.7 Å². The molecule has 1 N–H and O–H groups in total. The number of aryl methyl sites for hydroxylation is 1. The van der Waals surface area contributed by atoms with Crippen molar-refractivity contribution in [3.8, 4) is 17.2 Å². The van der Waals surface area contributed by atoms with E-state index >= 15 is 0 Å². The molecule has 1 aliphatic rings. The molecule has 1 amide bonds. The minimum absolute atomic E-state index is 0.0734. The van der Waals surface area contributed by atoms with Gasteiger partial charge in [-0.3, -0.25) is 9.59 Å². The van der Waals surface area contributed by atoms with E-state index in [0.29, 0.717) is 64.5 Å². The average molecular weight is 636 g/mol. The van der Waals surface area contributed by atoms with Gasteiger partial charge in [0.15, 0.2) is 11.5 Å². The van der Waals surface area contributed by atoms with Gasteiger partial charge in [-0.05, 0) is 71.2 Å². The molecule has 0 aliphatic heterocycles. The molecule has 0 radical (unpaired) electrons. The third-order valence-corrected chi connectivity index (χ3v) is 8.45. The van der Waals surface area contributed by atoms with Crippen LogP contribution in [0.15, 0.2) is 53.5 Å². The average Bonchev–Trinajstić information content (AvgIpc) is 3.00. The molecule has 0 saturated heterocycles. The Morgan fingerprint density at radius 1 is 1.00 bits per heavy atom. The standard InChI is InChI=1S/C35H36F3N3O5/c1-34(2,3)21-15-20(12-19-13-27(44-5)31(46-7)28(14-19)45-6)30-24(16-21)29(23-10-8-9-11-25(23)39-30)32(42)40-26-17-22(35(36,37)38)18-41(4)33(26)43/h8-14,17-18,21H,15-16H2,1-7H3,(H,40,42)/b20-12-. The number of carbonyl (C=O) groups excluding carboxylic acids is 1. The molecule has 1 unspecified atom stereocenters. The van der Waals surface area contributed by atoms with Crippen LogP contribution in [0.4, 0.5) is 18.9 Å². The number of hydrogen-bond acceptors (Lipinski definition) is 6. The van der Waals surface area contributed by atoms with Gasteiger partial charge in [-0.15, -0.1) is 0 Å². The second-order valence-corrected chi connectivity index (χ2v) is 12.4. The molecule has 4 aromatic rings. The Bertz CT molecular complexity index is 1900. The Labute approximate surface area is 264 Å². The number of carbonyl (C=O) groups is 1. The van der Waals surface area contributed by atoms with Gasteiger partial charge in [-0.25, -0.2) is 4.98 Å². The van der Waals surface area contributed by atoms with E-state index in [9.17, 15) is 22.8 Å². The number of halogens is 3. The number of nitrogens with one attached hydrogen (secondary N) is 1. The van der Waals surface area contributed by atoms with Crippen LogP contribution < -0.4 is 25.1 Å². The number of hydrogen-bond donors (Lipinski definition) is 1. The van der Waals surface area contributed by atoms with Crippen molar-refractivity contribution in [1.29, 1.82) is 0 Å². The monoisotopic (exact) mass is 635 g/mol. The van der Waals surface area contributed by atoms with Crippen LogP contribution >= 0.6 is 0 Å². The lowest BCUT2D eigenvalue weighted by Crippen LogP contribution is -2.30. The van der Waals surface area contributed by atoms with Crippen molar-refractivity contribution in [3.05, 3.63) is 87.0 Å². The molecule has 0 saturated carbocycles. The lowest BCUT2D eigenvalue weighted by molar-refractivity contribution is -0.138. The van der Waals surface area contributed by atoms with Crippen LogP contribution in [0.25, 0.3) is 22.6 Å². The van der Waals surface area contributed by atoms with Crippen molar-refractivity contribution >= 4 is 34.1 Å². The zero-order valence-corrected chi connectivity index (χ0v) is 26.8. The minimum Gasteiger partial charge on any atom is -0.493 e. The molecule has 8 nitrogen and oxygen atoms in total. The Balaban J connectivity index is 1.74. The summed E-state index contributed by atoms with van der Waals surface area (Å²) in [5, 5.41) is 3.05. The van der Waals surface area contributed by atoms with Crippen molar-refractivity contribution in [2.75, 3.05) is 26.6 Å². The molecular formula is C35H36F3N3O5. The fraction of sp³-hybridized carbons (Fsp3) is 0.343. The molecule has 2 aromatic heterocycles. The van der Waals surface area contributed by atoms with Gasteiger partial charge in [0.05, 0.1) is 43.7 Å². The zero-order valence-electron chi connectivity index (χ0n) is 26.8. The first kappa shape index (κ1) is 32.6. The number of benzene rings is 2. The van der Waals surface area contributed by atoms with Crippen LogP contribution in [-0.2, 0) is 19.6 Å². The van der Waals surface area contributed by atoms with E-state index < -0.39 is 28.9 Å². The molecular weight excluding hydrogens is 599 g/mol. The molecule has 0 bridgehead atoms. The van der Waals surface area contributed by atoms with Crippen LogP contribution in [0.5, 0.6) is 17.2 Å². The Morgan fingerprint density at radius 2 is 1.65 bits per heavy atom. The third-order valence-electron chi connectivity index (χ3n) is 8.45. The van der Waals surface area contributed by atoms with Gasteiger partial charge < -0.3 is 24.1 Å². The molecule has 2 heterocycles. The highest BCUT2D eigenvalue weighted by Crippen LogP contribution is 2.46. The van der Waals surface area contributed by atoms with Gasteiger partial charge in [0.2, 0.25) is 5.75 Å². The maximum atomic E-state index is 14.1. The number of amides is 1. The number of para-hydroxylation sites is 1. The number of methoxy groups -OCH3 is 3. The van der Waals surface area contributed by atoms with Crippen molar-refractivity contribution in [2.45, 2.75) is 39.8 Å². The third kappa shape index (κ3) is 6.18. The fourth-order valence-electron chi connectivity index (χ4n) is 5.92. The molecule has 242 valence electrons. The largest absolute Gasteiger partial charge is 0.493 e. The number of rotatable bonds is 6. The maximum absolute atomic E-state index is 14.1. The summed E-state index contributed by atoms with van der Waals surface area (Å²) in [6, 6.07) is 11.4. The van der Waals surface area contributed by atoms with E-state index in [1.807, 2.05) is 18.2 Å². The number of alkyl halides is 3. The molecule has 0 fully saturated rings. The quantitative estimate of drug-likeness (QED) is 0.238. The second-order valence-electron chi connectivity index (χ2n) is 12.4. The van der Waals surface area contributed by atoms with Crippen LogP contribution in [0.3, 0.4) is 0 Å². The van der Waals surface area contributed by atoms with Crippen LogP contribution in [0, 0.1) is 11.3 Å². The molecule has 1 aliphatic carbocycles. The minimum atomic E-state index is -4.71.